The van der Waals surface area contributed by atoms with Crippen molar-refractivity contribution in [3.05, 3.63) is 65.7 Å². The van der Waals surface area contributed by atoms with Crippen molar-refractivity contribution in [2.45, 2.75) is 38.6 Å². The smallest absolute Gasteiger partial charge is 0.115 e. The van der Waals surface area contributed by atoms with Gasteiger partial charge >= 0.3 is 0 Å². The van der Waals surface area contributed by atoms with E-state index in [-0.39, 0.29) is 5.41 Å². The van der Waals surface area contributed by atoms with Crippen LogP contribution in [0.3, 0.4) is 0 Å². The van der Waals surface area contributed by atoms with Gasteiger partial charge in [-0.3, -0.25) is 0 Å². The molecule has 2 N–H and O–H groups in total. The summed E-state index contributed by atoms with van der Waals surface area (Å²) >= 11 is 0. The molecule has 0 aliphatic rings. The third kappa shape index (κ3) is 3.85. The summed E-state index contributed by atoms with van der Waals surface area (Å²) in [4.78, 5) is 0. The molecule has 0 aromatic heterocycles. The second-order valence-electron chi connectivity index (χ2n) is 6.07. The minimum Gasteiger partial charge on any atom is -0.508 e. The van der Waals surface area contributed by atoms with Crippen LogP contribution in [0.15, 0.2) is 54.6 Å². The van der Waals surface area contributed by atoms with Crippen molar-refractivity contribution >= 4 is 0 Å². The second kappa shape index (κ2) is 6.77. The van der Waals surface area contributed by atoms with Gasteiger partial charge in [0.2, 0.25) is 0 Å². The third-order valence-electron chi connectivity index (χ3n) is 4.19. The quantitative estimate of drug-likeness (QED) is 0.843. The largest absolute Gasteiger partial charge is 0.508 e. The molecule has 0 aliphatic carbocycles. The number of aromatic hydroxyl groups is 1. The van der Waals surface area contributed by atoms with Crippen molar-refractivity contribution in [2.24, 2.45) is 0 Å². The third-order valence-corrected chi connectivity index (χ3v) is 4.19. The Morgan fingerprint density at radius 1 is 1.05 bits per heavy atom. The van der Waals surface area contributed by atoms with E-state index in [1.165, 1.54) is 5.56 Å². The number of rotatable bonds is 6. The van der Waals surface area contributed by atoms with Gasteiger partial charge in [0.1, 0.15) is 5.75 Å². The van der Waals surface area contributed by atoms with Crippen molar-refractivity contribution < 1.29 is 5.11 Å². The van der Waals surface area contributed by atoms with E-state index in [2.05, 4.69) is 62.5 Å². The van der Waals surface area contributed by atoms with Gasteiger partial charge in [-0.15, -0.1) is 0 Å². The Balaban J connectivity index is 2.25. The highest BCUT2D eigenvalue weighted by molar-refractivity contribution is 5.31. The zero-order valence-corrected chi connectivity index (χ0v) is 13.1. The summed E-state index contributed by atoms with van der Waals surface area (Å²) in [7, 11) is 0. The topological polar surface area (TPSA) is 32.3 Å². The van der Waals surface area contributed by atoms with Crippen LogP contribution in [0.2, 0.25) is 0 Å². The minimum absolute atomic E-state index is 0.0166. The Hall–Kier alpha value is -1.80. The first-order valence-corrected chi connectivity index (χ1v) is 7.61. The number of phenols is 1. The van der Waals surface area contributed by atoms with Crippen LogP contribution < -0.4 is 5.32 Å². The molecule has 0 aliphatic heterocycles. The van der Waals surface area contributed by atoms with Gasteiger partial charge in [0, 0.05) is 11.5 Å². The predicted octanol–water partition coefficient (Wildman–Crippen LogP) is 3.89. The maximum absolute atomic E-state index is 9.66. The molecule has 0 saturated heterocycles. The highest BCUT2D eigenvalue weighted by atomic mass is 16.3. The van der Waals surface area contributed by atoms with Crippen molar-refractivity contribution in [1.82, 2.24) is 5.32 Å². The number of phenolic OH excluding ortho intramolecular Hbond substituents is 1. The molecule has 1 atom stereocenters. The van der Waals surface area contributed by atoms with Crippen molar-refractivity contribution in [2.75, 3.05) is 6.54 Å². The zero-order valence-electron chi connectivity index (χ0n) is 13.1. The van der Waals surface area contributed by atoms with Crippen molar-refractivity contribution in [3.63, 3.8) is 0 Å². The predicted molar refractivity (Wildman–Crippen MR) is 88.7 cm³/mol. The van der Waals surface area contributed by atoms with Gasteiger partial charge in [-0.2, -0.15) is 0 Å². The van der Waals surface area contributed by atoms with Gasteiger partial charge in [0.15, 0.2) is 0 Å². The van der Waals surface area contributed by atoms with Crippen LogP contribution >= 0.6 is 0 Å². The van der Waals surface area contributed by atoms with E-state index in [0.717, 1.165) is 18.5 Å². The Bertz CT molecular complexity index is 563. The van der Waals surface area contributed by atoms with E-state index >= 15 is 0 Å². The van der Waals surface area contributed by atoms with Crippen LogP contribution in [0, 0.1) is 0 Å². The van der Waals surface area contributed by atoms with E-state index in [4.69, 9.17) is 0 Å². The summed E-state index contributed by atoms with van der Waals surface area (Å²) < 4.78 is 0. The lowest BCUT2D eigenvalue weighted by Crippen LogP contribution is -2.46. The Morgan fingerprint density at radius 3 is 2.38 bits per heavy atom. The number of nitrogens with one attached hydrogen (secondary N) is 1. The molecule has 0 heterocycles. The molecule has 2 heteroatoms. The molecular formula is C19H25NO. The van der Waals surface area contributed by atoms with E-state index in [1.807, 2.05) is 12.1 Å². The minimum atomic E-state index is 0.0166. The molecule has 0 fully saturated rings. The number of hydrogen-bond acceptors (Lipinski definition) is 2. The average molecular weight is 283 g/mol. The summed E-state index contributed by atoms with van der Waals surface area (Å²) in [5.41, 5.74) is 2.50. The zero-order chi connectivity index (χ0) is 15.3. The van der Waals surface area contributed by atoms with Crippen LogP contribution in [0.1, 0.15) is 31.9 Å². The number of hydrogen-bond donors (Lipinski definition) is 2. The second-order valence-corrected chi connectivity index (χ2v) is 6.07. The fourth-order valence-corrected chi connectivity index (χ4v) is 2.82. The molecule has 0 saturated carbocycles. The molecule has 21 heavy (non-hydrogen) atoms. The summed E-state index contributed by atoms with van der Waals surface area (Å²) in [5, 5.41) is 13.3. The fraction of sp³-hybridized carbons (Fsp3) is 0.368. The van der Waals surface area contributed by atoms with E-state index in [9.17, 15) is 5.11 Å². The van der Waals surface area contributed by atoms with Gasteiger partial charge in [-0.25, -0.2) is 0 Å². The number of benzene rings is 2. The molecule has 2 nitrogen and oxygen atoms in total. The standard InChI is InChI=1S/C19H25NO/c1-4-20-18(14-15-9-8-12-17(21)13-15)19(2,3)16-10-6-5-7-11-16/h5-13,18,20-21H,4,14H2,1-3H3. The molecule has 1 unspecified atom stereocenters. The molecule has 2 rings (SSSR count). The van der Waals surface area contributed by atoms with Gasteiger partial charge in [-0.05, 0) is 36.2 Å². The SMILES string of the molecule is CCNC(Cc1cccc(O)c1)C(C)(C)c1ccccc1. The van der Waals surface area contributed by atoms with Crippen LogP contribution in [-0.2, 0) is 11.8 Å². The van der Waals surface area contributed by atoms with Gasteiger partial charge < -0.3 is 10.4 Å². The lowest BCUT2D eigenvalue weighted by molar-refractivity contribution is 0.342. The molecule has 0 bridgehead atoms. The highest BCUT2D eigenvalue weighted by Crippen LogP contribution is 2.29. The molecule has 0 spiro atoms. The van der Waals surface area contributed by atoms with Crippen molar-refractivity contribution in [1.29, 1.82) is 0 Å². The van der Waals surface area contributed by atoms with Crippen LogP contribution in [0.4, 0.5) is 0 Å². The maximum Gasteiger partial charge on any atom is 0.115 e. The monoisotopic (exact) mass is 283 g/mol. The molecule has 2 aromatic carbocycles. The van der Waals surface area contributed by atoms with Crippen molar-refractivity contribution in [3.8, 4) is 5.75 Å². The van der Waals surface area contributed by atoms with Crippen LogP contribution in [0.5, 0.6) is 5.75 Å². The Kier molecular flexibility index (Phi) is 5.03. The first-order valence-electron chi connectivity index (χ1n) is 7.61. The molecule has 112 valence electrons. The summed E-state index contributed by atoms with van der Waals surface area (Å²) in [6.07, 6.45) is 0.893. The van der Waals surface area contributed by atoms with Gasteiger partial charge in [0.05, 0.1) is 0 Å². The van der Waals surface area contributed by atoms with Crippen LogP contribution in [-0.4, -0.2) is 17.7 Å². The average Bonchev–Trinajstić information content (AvgIpc) is 2.48. The maximum atomic E-state index is 9.66. The fourth-order valence-electron chi connectivity index (χ4n) is 2.82. The molecule has 0 amide bonds. The van der Waals surface area contributed by atoms with Crippen LogP contribution in [0.25, 0.3) is 0 Å². The van der Waals surface area contributed by atoms with E-state index in [1.54, 1.807) is 6.07 Å². The lowest BCUT2D eigenvalue weighted by atomic mass is 9.75. The Morgan fingerprint density at radius 2 is 1.76 bits per heavy atom. The molecule has 0 radical (unpaired) electrons. The highest BCUT2D eigenvalue weighted by Gasteiger charge is 2.30. The summed E-state index contributed by atoms with van der Waals surface area (Å²) in [6.45, 7) is 7.62. The lowest BCUT2D eigenvalue weighted by Gasteiger charge is -2.36. The first-order chi connectivity index (χ1) is 10.0. The summed E-state index contributed by atoms with van der Waals surface area (Å²) in [6, 6.07) is 18.5. The molecule has 2 aromatic rings. The molecular weight excluding hydrogens is 258 g/mol. The van der Waals surface area contributed by atoms with Gasteiger partial charge in [0.25, 0.3) is 0 Å². The van der Waals surface area contributed by atoms with Gasteiger partial charge in [-0.1, -0.05) is 63.2 Å². The van der Waals surface area contributed by atoms with E-state index < -0.39 is 0 Å². The summed E-state index contributed by atoms with van der Waals surface area (Å²) in [5.74, 6) is 0.334. The first kappa shape index (κ1) is 15.6. The van der Waals surface area contributed by atoms with E-state index in [0.29, 0.717) is 11.8 Å². The number of likely N-dealkylation sites (N-methyl/N-ethyl adjacent to an activating group) is 1. The Labute approximate surface area is 127 Å². The normalized spacial score (nSPS) is 13.1.